The molecular formula is C21H21Cl3F3NO4. The summed E-state index contributed by atoms with van der Waals surface area (Å²) >= 11 is 11.9. The van der Waals surface area contributed by atoms with Gasteiger partial charge in [-0.05, 0) is 29.8 Å². The highest BCUT2D eigenvalue weighted by Crippen LogP contribution is 2.36. The normalized spacial score (nSPS) is 17.0. The van der Waals surface area contributed by atoms with Crippen molar-refractivity contribution in [3.8, 4) is 5.75 Å². The number of ether oxygens (including phenoxy) is 2. The van der Waals surface area contributed by atoms with Crippen LogP contribution in [0.5, 0.6) is 5.75 Å². The number of benzene rings is 2. The lowest BCUT2D eigenvalue weighted by Gasteiger charge is -2.32. The summed E-state index contributed by atoms with van der Waals surface area (Å²) in [5.41, 5.74) is 0.267. The molecule has 1 aliphatic heterocycles. The van der Waals surface area contributed by atoms with Crippen molar-refractivity contribution in [2.24, 2.45) is 0 Å². The van der Waals surface area contributed by atoms with Crippen molar-refractivity contribution in [2.75, 3.05) is 26.2 Å². The zero-order valence-corrected chi connectivity index (χ0v) is 19.0. The highest BCUT2D eigenvalue weighted by atomic mass is 35.5. The van der Waals surface area contributed by atoms with E-state index in [0.29, 0.717) is 32.0 Å². The van der Waals surface area contributed by atoms with Gasteiger partial charge >= 0.3 is 12.1 Å². The molecule has 0 saturated carbocycles. The Morgan fingerprint density at radius 3 is 2.38 bits per heavy atom. The minimum absolute atomic E-state index is 0. The maximum atomic E-state index is 12.8. The van der Waals surface area contributed by atoms with Gasteiger partial charge in [0.1, 0.15) is 12.4 Å². The van der Waals surface area contributed by atoms with Gasteiger partial charge in [0.05, 0.1) is 24.7 Å². The van der Waals surface area contributed by atoms with E-state index in [-0.39, 0.29) is 47.1 Å². The van der Waals surface area contributed by atoms with Gasteiger partial charge in [-0.15, -0.1) is 12.4 Å². The summed E-state index contributed by atoms with van der Waals surface area (Å²) < 4.78 is 49.9. The molecule has 0 aliphatic carbocycles. The molecule has 1 unspecified atom stereocenters. The molecular weight excluding hydrogens is 494 g/mol. The van der Waals surface area contributed by atoms with E-state index in [2.05, 4.69) is 0 Å². The molecule has 2 aromatic rings. The first-order valence-corrected chi connectivity index (χ1v) is 10.2. The van der Waals surface area contributed by atoms with Crippen molar-refractivity contribution in [1.29, 1.82) is 0 Å². The summed E-state index contributed by atoms with van der Waals surface area (Å²) in [5, 5.41) is 8.60. The second-order valence-electron chi connectivity index (χ2n) is 7.08. The number of hydrogen-bond acceptors (Lipinski definition) is 4. The van der Waals surface area contributed by atoms with Crippen molar-refractivity contribution in [1.82, 2.24) is 4.90 Å². The van der Waals surface area contributed by atoms with Crippen molar-refractivity contribution in [3.05, 3.63) is 63.1 Å². The zero-order chi connectivity index (χ0) is 22.6. The molecule has 0 aromatic heterocycles. The van der Waals surface area contributed by atoms with Crippen molar-refractivity contribution >= 4 is 41.6 Å². The van der Waals surface area contributed by atoms with E-state index >= 15 is 0 Å². The molecule has 0 amide bonds. The van der Waals surface area contributed by atoms with Gasteiger partial charge in [0.2, 0.25) is 0 Å². The fraction of sp³-hybridized carbons (Fsp3) is 0.381. The first kappa shape index (κ1) is 26.5. The van der Waals surface area contributed by atoms with Crippen molar-refractivity contribution in [2.45, 2.75) is 25.3 Å². The molecule has 1 fully saturated rings. The number of alkyl halides is 3. The highest BCUT2D eigenvalue weighted by Gasteiger charge is 2.32. The predicted octanol–water partition coefficient (Wildman–Crippen LogP) is 5.86. The average Bonchev–Trinajstić information content (AvgIpc) is 2.71. The first-order chi connectivity index (χ1) is 14.6. The Kier molecular flexibility index (Phi) is 9.48. The van der Waals surface area contributed by atoms with E-state index in [4.69, 9.17) is 37.8 Å². The topological polar surface area (TPSA) is 59.0 Å². The third-order valence-corrected chi connectivity index (χ3v) is 5.57. The second kappa shape index (κ2) is 11.4. The maximum absolute atomic E-state index is 12.8. The molecule has 3 rings (SSSR count). The number of carboxylic acid groups (broad SMARTS) is 1. The second-order valence-corrected chi connectivity index (χ2v) is 7.89. The van der Waals surface area contributed by atoms with E-state index < -0.39 is 17.7 Å². The molecule has 1 N–H and O–H groups in total. The third kappa shape index (κ3) is 7.15. The summed E-state index contributed by atoms with van der Waals surface area (Å²) in [7, 11) is 0. The average molecular weight is 515 g/mol. The number of halogens is 6. The van der Waals surface area contributed by atoms with Crippen LogP contribution in [0.4, 0.5) is 13.2 Å². The molecule has 176 valence electrons. The Morgan fingerprint density at radius 1 is 1.19 bits per heavy atom. The van der Waals surface area contributed by atoms with Crippen LogP contribution in [0, 0.1) is 0 Å². The van der Waals surface area contributed by atoms with E-state index in [1.165, 1.54) is 0 Å². The van der Waals surface area contributed by atoms with Gasteiger partial charge in [0.15, 0.2) is 0 Å². The number of carbonyl (C=O) groups is 1. The Balaban J connectivity index is 0.00000363. The standard InChI is InChI=1S/C21H20Cl2F3NO4.ClH/c22-17-9-14(21(24,25)26)10-18(23)16(17)12-31-15-3-1-13(2-4-15)19-11-27(7-8-30-19)6-5-20(28)29;/h1-4,9-10,19H,5-8,11-12H2,(H,28,29);1H. The van der Waals surface area contributed by atoms with E-state index in [1.807, 2.05) is 17.0 Å². The maximum Gasteiger partial charge on any atom is 0.416 e. The highest BCUT2D eigenvalue weighted by molar-refractivity contribution is 6.36. The molecule has 32 heavy (non-hydrogen) atoms. The Bertz CT molecular complexity index is 902. The van der Waals surface area contributed by atoms with Gasteiger partial charge in [-0.1, -0.05) is 35.3 Å². The molecule has 11 heteroatoms. The van der Waals surface area contributed by atoms with Crippen LogP contribution >= 0.6 is 35.6 Å². The van der Waals surface area contributed by atoms with Gasteiger partial charge in [0, 0.05) is 35.2 Å². The molecule has 5 nitrogen and oxygen atoms in total. The number of carboxylic acids is 1. The fourth-order valence-electron chi connectivity index (χ4n) is 3.20. The Labute approximate surface area is 199 Å². The van der Waals surface area contributed by atoms with Crippen LogP contribution in [-0.4, -0.2) is 42.2 Å². The number of aliphatic carboxylic acids is 1. The molecule has 1 aliphatic rings. The molecule has 0 radical (unpaired) electrons. The quantitative estimate of drug-likeness (QED) is 0.501. The lowest BCUT2D eigenvalue weighted by Crippen LogP contribution is -2.39. The summed E-state index contributed by atoms with van der Waals surface area (Å²) in [6.45, 7) is 2.15. The van der Waals surface area contributed by atoms with Crippen LogP contribution in [0.3, 0.4) is 0 Å². The smallest absolute Gasteiger partial charge is 0.416 e. The predicted molar refractivity (Wildman–Crippen MR) is 117 cm³/mol. The van der Waals surface area contributed by atoms with Crippen LogP contribution in [-0.2, 0) is 22.3 Å². The van der Waals surface area contributed by atoms with Crippen molar-refractivity contribution < 1.29 is 32.5 Å². The Morgan fingerprint density at radius 2 is 1.81 bits per heavy atom. The van der Waals surface area contributed by atoms with Gasteiger partial charge < -0.3 is 14.6 Å². The summed E-state index contributed by atoms with van der Waals surface area (Å²) in [6.07, 6.45) is -4.64. The summed E-state index contributed by atoms with van der Waals surface area (Å²) in [4.78, 5) is 12.8. The number of nitrogens with zero attached hydrogens (tertiary/aromatic N) is 1. The molecule has 2 aromatic carbocycles. The number of hydrogen-bond donors (Lipinski definition) is 1. The Hall–Kier alpha value is -1.71. The lowest BCUT2D eigenvalue weighted by molar-refractivity contribution is -0.138. The van der Waals surface area contributed by atoms with Crippen LogP contribution < -0.4 is 4.74 Å². The molecule has 0 spiro atoms. The largest absolute Gasteiger partial charge is 0.489 e. The number of rotatable bonds is 7. The van der Waals surface area contributed by atoms with E-state index in [0.717, 1.165) is 17.7 Å². The van der Waals surface area contributed by atoms with Crippen LogP contribution in [0.25, 0.3) is 0 Å². The van der Waals surface area contributed by atoms with Crippen molar-refractivity contribution in [3.63, 3.8) is 0 Å². The zero-order valence-electron chi connectivity index (χ0n) is 16.7. The van der Waals surface area contributed by atoms with Gasteiger partial charge in [-0.25, -0.2) is 0 Å². The summed E-state index contributed by atoms with van der Waals surface area (Å²) in [6, 6.07) is 8.76. The molecule has 0 bridgehead atoms. The van der Waals surface area contributed by atoms with E-state index in [1.54, 1.807) is 12.1 Å². The fourth-order valence-corrected chi connectivity index (χ4v) is 3.80. The third-order valence-electron chi connectivity index (χ3n) is 4.90. The first-order valence-electron chi connectivity index (χ1n) is 9.47. The minimum atomic E-state index is -4.53. The SMILES string of the molecule is Cl.O=C(O)CCN1CCOC(c2ccc(OCc3c(Cl)cc(C(F)(F)F)cc3Cl)cc2)C1. The van der Waals surface area contributed by atoms with Gasteiger partial charge in [-0.3, -0.25) is 9.69 Å². The van der Waals surface area contributed by atoms with Crippen LogP contribution in [0.15, 0.2) is 36.4 Å². The number of morpholine rings is 1. The van der Waals surface area contributed by atoms with Gasteiger partial charge in [-0.2, -0.15) is 13.2 Å². The minimum Gasteiger partial charge on any atom is -0.489 e. The van der Waals surface area contributed by atoms with Gasteiger partial charge in [0.25, 0.3) is 0 Å². The molecule has 1 saturated heterocycles. The summed E-state index contributed by atoms with van der Waals surface area (Å²) in [5.74, 6) is -0.341. The monoisotopic (exact) mass is 513 g/mol. The molecule has 1 heterocycles. The molecule has 1 atom stereocenters. The van der Waals surface area contributed by atoms with Crippen LogP contribution in [0.2, 0.25) is 10.0 Å². The van der Waals surface area contributed by atoms with E-state index in [9.17, 15) is 18.0 Å². The lowest BCUT2D eigenvalue weighted by atomic mass is 10.1. The van der Waals surface area contributed by atoms with Crippen LogP contribution in [0.1, 0.15) is 29.2 Å².